The molecule has 0 radical (unpaired) electrons. The molecule has 0 bridgehead atoms. The average Bonchev–Trinajstić information content (AvgIpc) is 2.52. The van der Waals surface area contributed by atoms with Crippen LogP contribution in [-0.2, 0) is 17.9 Å². The zero-order valence-corrected chi connectivity index (χ0v) is 14.1. The van der Waals surface area contributed by atoms with Gasteiger partial charge in [-0.1, -0.05) is 34.1 Å². The Balaban J connectivity index is 2.09. The first-order valence-electron chi connectivity index (χ1n) is 7.08. The van der Waals surface area contributed by atoms with E-state index in [2.05, 4.69) is 21.2 Å². The number of carbonyl (C=O) groups is 1. The molecular formula is C17H17BrFNO3. The summed E-state index contributed by atoms with van der Waals surface area (Å²) >= 11 is 3.38. The highest BCUT2D eigenvalue weighted by atomic mass is 79.9. The van der Waals surface area contributed by atoms with Gasteiger partial charge in [0.2, 0.25) is 0 Å². The van der Waals surface area contributed by atoms with Gasteiger partial charge in [0, 0.05) is 22.1 Å². The summed E-state index contributed by atoms with van der Waals surface area (Å²) in [6.45, 7) is 2.01. The molecule has 0 heterocycles. The summed E-state index contributed by atoms with van der Waals surface area (Å²) < 4.78 is 20.2. The van der Waals surface area contributed by atoms with Crippen molar-refractivity contribution in [2.24, 2.45) is 0 Å². The Labute approximate surface area is 142 Å². The van der Waals surface area contributed by atoms with E-state index in [1.807, 2.05) is 12.1 Å². The van der Waals surface area contributed by atoms with Gasteiger partial charge in [0.15, 0.2) is 0 Å². The van der Waals surface area contributed by atoms with Gasteiger partial charge in [0.05, 0.1) is 0 Å². The van der Waals surface area contributed by atoms with Gasteiger partial charge >= 0.3 is 5.97 Å². The van der Waals surface area contributed by atoms with Crippen molar-refractivity contribution in [1.29, 1.82) is 0 Å². The third-order valence-electron chi connectivity index (χ3n) is 3.33. The number of halogens is 2. The summed E-state index contributed by atoms with van der Waals surface area (Å²) in [6.07, 6.45) is 0. The zero-order chi connectivity index (χ0) is 16.8. The molecule has 23 heavy (non-hydrogen) atoms. The lowest BCUT2D eigenvalue weighted by atomic mass is 10.2. The minimum atomic E-state index is -0.922. The van der Waals surface area contributed by atoms with E-state index in [1.165, 1.54) is 6.07 Å². The number of hydrogen-bond acceptors (Lipinski definition) is 3. The second-order valence-electron chi connectivity index (χ2n) is 5.07. The fourth-order valence-corrected chi connectivity index (χ4v) is 2.36. The molecule has 6 heteroatoms. The van der Waals surface area contributed by atoms with Crippen LogP contribution >= 0.6 is 15.9 Å². The van der Waals surface area contributed by atoms with Crippen LogP contribution in [0.4, 0.5) is 4.39 Å². The second kappa shape index (κ2) is 8.08. The maximum atomic E-state index is 13.6. The minimum absolute atomic E-state index is 0.107. The Morgan fingerprint density at radius 2 is 2.04 bits per heavy atom. The summed E-state index contributed by atoms with van der Waals surface area (Å²) in [6, 6.07) is 11.2. The highest BCUT2D eigenvalue weighted by Crippen LogP contribution is 2.24. The maximum absolute atomic E-state index is 13.6. The molecule has 122 valence electrons. The summed E-state index contributed by atoms with van der Waals surface area (Å²) in [5, 5.41) is 11.8. The quantitative estimate of drug-likeness (QED) is 0.766. The van der Waals surface area contributed by atoms with E-state index in [9.17, 15) is 9.18 Å². The third-order valence-corrected chi connectivity index (χ3v) is 3.83. The number of benzene rings is 2. The van der Waals surface area contributed by atoms with Crippen molar-refractivity contribution in [3.8, 4) is 5.75 Å². The minimum Gasteiger partial charge on any atom is -0.488 e. The summed E-state index contributed by atoms with van der Waals surface area (Å²) in [5.41, 5.74) is 1.26. The number of carboxylic acid groups (broad SMARTS) is 1. The van der Waals surface area contributed by atoms with Crippen LogP contribution in [-0.4, -0.2) is 17.1 Å². The maximum Gasteiger partial charge on any atom is 0.320 e. The summed E-state index contributed by atoms with van der Waals surface area (Å²) in [7, 11) is 0. The van der Waals surface area contributed by atoms with Gasteiger partial charge in [-0.3, -0.25) is 4.79 Å². The van der Waals surface area contributed by atoms with Crippen LogP contribution in [0.2, 0.25) is 0 Å². The van der Waals surface area contributed by atoms with Gasteiger partial charge in [-0.25, -0.2) is 4.39 Å². The normalized spacial score (nSPS) is 12.0. The Morgan fingerprint density at radius 3 is 2.74 bits per heavy atom. The first-order chi connectivity index (χ1) is 11.0. The molecule has 0 aliphatic carbocycles. The molecule has 0 fully saturated rings. The molecule has 0 amide bonds. The molecule has 1 atom stereocenters. The lowest BCUT2D eigenvalue weighted by Gasteiger charge is -2.15. The largest absolute Gasteiger partial charge is 0.488 e. The Morgan fingerprint density at radius 1 is 1.30 bits per heavy atom. The second-order valence-corrected chi connectivity index (χ2v) is 5.99. The monoisotopic (exact) mass is 381 g/mol. The van der Waals surface area contributed by atoms with Crippen LogP contribution in [0.25, 0.3) is 0 Å². The summed E-state index contributed by atoms with van der Waals surface area (Å²) in [4.78, 5) is 10.9. The van der Waals surface area contributed by atoms with E-state index in [0.29, 0.717) is 17.9 Å². The van der Waals surface area contributed by atoms with Crippen LogP contribution in [0, 0.1) is 5.82 Å². The SMILES string of the molecule is CC(NCc1cc(Br)ccc1OCc1ccccc1F)C(=O)O. The number of ether oxygens (including phenoxy) is 1. The first-order valence-corrected chi connectivity index (χ1v) is 7.87. The van der Waals surface area contributed by atoms with E-state index in [-0.39, 0.29) is 12.4 Å². The number of hydrogen-bond donors (Lipinski definition) is 2. The molecule has 1 unspecified atom stereocenters. The van der Waals surface area contributed by atoms with Gasteiger partial charge in [-0.2, -0.15) is 0 Å². The van der Waals surface area contributed by atoms with Crippen LogP contribution in [0.3, 0.4) is 0 Å². The predicted molar refractivity (Wildman–Crippen MR) is 88.8 cm³/mol. The molecule has 0 saturated heterocycles. The Kier molecular flexibility index (Phi) is 6.12. The fourth-order valence-electron chi connectivity index (χ4n) is 1.95. The van der Waals surface area contributed by atoms with Crippen LogP contribution < -0.4 is 10.1 Å². The van der Waals surface area contributed by atoms with E-state index >= 15 is 0 Å². The van der Waals surface area contributed by atoms with Crippen molar-refractivity contribution >= 4 is 21.9 Å². The van der Waals surface area contributed by atoms with E-state index in [4.69, 9.17) is 9.84 Å². The third kappa shape index (κ3) is 5.04. The number of rotatable bonds is 7. The van der Waals surface area contributed by atoms with E-state index < -0.39 is 12.0 Å². The van der Waals surface area contributed by atoms with Crippen molar-refractivity contribution < 1.29 is 19.0 Å². The smallest absolute Gasteiger partial charge is 0.320 e. The highest BCUT2D eigenvalue weighted by Gasteiger charge is 2.12. The lowest BCUT2D eigenvalue weighted by Crippen LogP contribution is -2.33. The predicted octanol–water partition coefficient (Wildman–Crippen LogP) is 3.73. The number of nitrogens with one attached hydrogen (secondary N) is 1. The lowest BCUT2D eigenvalue weighted by molar-refractivity contribution is -0.139. The molecule has 2 aromatic carbocycles. The zero-order valence-electron chi connectivity index (χ0n) is 12.6. The van der Waals surface area contributed by atoms with Crippen molar-refractivity contribution in [2.45, 2.75) is 26.1 Å². The Hall–Kier alpha value is -1.92. The van der Waals surface area contributed by atoms with Gasteiger partial charge < -0.3 is 15.2 Å². The van der Waals surface area contributed by atoms with Gasteiger partial charge in [0.25, 0.3) is 0 Å². The topological polar surface area (TPSA) is 58.6 Å². The molecule has 0 aliphatic heterocycles. The molecule has 2 N–H and O–H groups in total. The van der Waals surface area contributed by atoms with Gasteiger partial charge in [0.1, 0.15) is 24.2 Å². The summed E-state index contributed by atoms with van der Waals surface area (Å²) in [5.74, 6) is -0.654. The Bertz CT molecular complexity index is 693. The van der Waals surface area contributed by atoms with Crippen molar-refractivity contribution in [3.05, 3.63) is 63.9 Å². The first kappa shape index (κ1) is 17.4. The van der Waals surface area contributed by atoms with Crippen LogP contribution in [0.5, 0.6) is 5.75 Å². The van der Waals surface area contributed by atoms with Crippen LogP contribution in [0.1, 0.15) is 18.1 Å². The van der Waals surface area contributed by atoms with Crippen molar-refractivity contribution in [2.75, 3.05) is 0 Å². The van der Waals surface area contributed by atoms with Crippen molar-refractivity contribution in [1.82, 2.24) is 5.32 Å². The van der Waals surface area contributed by atoms with Crippen LogP contribution in [0.15, 0.2) is 46.9 Å². The average molecular weight is 382 g/mol. The van der Waals surface area contributed by atoms with Crippen molar-refractivity contribution in [3.63, 3.8) is 0 Å². The number of carboxylic acids is 1. The van der Waals surface area contributed by atoms with Gasteiger partial charge in [-0.15, -0.1) is 0 Å². The van der Waals surface area contributed by atoms with Gasteiger partial charge in [-0.05, 0) is 31.2 Å². The fraction of sp³-hybridized carbons (Fsp3) is 0.235. The molecule has 0 aliphatic rings. The molecule has 0 aromatic heterocycles. The molecule has 4 nitrogen and oxygen atoms in total. The van der Waals surface area contributed by atoms with E-state index in [0.717, 1.165) is 10.0 Å². The standard InChI is InChI=1S/C17H17BrFNO3/c1-11(17(21)22)20-9-13-8-14(18)6-7-16(13)23-10-12-4-2-3-5-15(12)19/h2-8,11,20H,9-10H2,1H3,(H,21,22). The highest BCUT2D eigenvalue weighted by molar-refractivity contribution is 9.10. The molecule has 2 aromatic rings. The molecule has 0 saturated carbocycles. The molecular weight excluding hydrogens is 365 g/mol. The number of aliphatic carboxylic acids is 1. The van der Waals surface area contributed by atoms with E-state index in [1.54, 1.807) is 31.2 Å². The molecule has 2 rings (SSSR count). The molecule has 0 spiro atoms.